The molecular formula is C15H19ClN2O2S. The van der Waals surface area contributed by atoms with Gasteiger partial charge in [0.2, 0.25) is 0 Å². The largest absolute Gasteiger partial charge is 0.481 e. The lowest BCUT2D eigenvalue weighted by atomic mass is 9.98. The van der Waals surface area contributed by atoms with Gasteiger partial charge >= 0.3 is 5.97 Å². The molecule has 2 aromatic rings. The normalized spacial score (nSPS) is 12.0. The summed E-state index contributed by atoms with van der Waals surface area (Å²) < 4.78 is 2.13. The molecule has 0 amide bonds. The van der Waals surface area contributed by atoms with Crippen LogP contribution >= 0.6 is 23.4 Å². The highest BCUT2D eigenvalue weighted by Crippen LogP contribution is 2.34. The number of aliphatic carboxylic acids is 1. The fourth-order valence-corrected chi connectivity index (χ4v) is 3.62. The number of imidazole rings is 1. The molecule has 0 aliphatic heterocycles. The number of carboxylic acid groups (broad SMARTS) is 1. The molecule has 6 heteroatoms. The van der Waals surface area contributed by atoms with E-state index in [1.165, 1.54) is 11.8 Å². The molecule has 1 N–H and O–H groups in total. The Morgan fingerprint density at radius 3 is 2.81 bits per heavy atom. The van der Waals surface area contributed by atoms with Crippen molar-refractivity contribution in [2.45, 2.75) is 44.3 Å². The van der Waals surface area contributed by atoms with Gasteiger partial charge in [0.1, 0.15) is 0 Å². The zero-order chi connectivity index (χ0) is 15.6. The zero-order valence-electron chi connectivity index (χ0n) is 12.4. The molecule has 0 saturated heterocycles. The Labute approximate surface area is 133 Å². The molecule has 0 radical (unpaired) electrons. The Balaban J connectivity index is 2.56. The first-order chi connectivity index (χ1) is 9.85. The molecule has 0 fully saturated rings. The quantitative estimate of drug-likeness (QED) is 0.799. The van der Waals surface area contributed by atoms with Gasteiger partial charge in [-0.2, -0.15) is 0 Å². The molecule has 0 spiro atoms. The molecule has 0 saturated carbocycles. The van der Waals surface area contributed by atoms with Crippen LogP contribution in [0.25, 0.3) is 11.0 Å². The summed E-state index contributed by atoms with van der Waals surface area (Å²) in [6.45, 7) is 6.44. The number of hydrogen-bond donors (Lipinski definition) is 1. The smallest absolute Gasteiger partial charge is 0.313 e. The van der Waals surface area contributed by atoms with Crippen LogP contribution in [0.2, 0.25) is 5.02 Å². The lowest BCUT2D eigenvalue weighted by molar-refractivity contribution is -0.133. The van der Waals surface area contributed by atoms with E-state index in [1.807, 2.05) is 18.2 Å². The first-order valence-corrected chi connectivity index (χ1v) is 8.24. The summed E-state index contributed by atoms with van der Waals surface area (Å²) in [5, 5.41) is 10.3. The fraction of sp³-hybridized carbons (Fsp3) is 0.467. The highest BCUT2D eigenvalue weighted by Gasteiger charge is 2.26. The molecule has 1 aromatic carbocycles. The van der Waals surface area contributed by atoms with Crippen LogP contribution < -0.4 is 0 Å². The topological polar surface area (TPSA) is 55.1 Å². The summed E-state index contributed by atoms with van der Waals surface area (Å²) >= 11 is 7.28. The standard InChI is InChI=1S/C15H19ClN2O2S/c1-4-7-15(2,3)18-12-6-5-10(16)8-11(12)17-14(18)21-9-13(19)20/h5-6,8H,4,7,9H2,1-3H3,(H,19,20). The molecule has 0 atom stereocenters. The second-order valence-corrected chi connectivity index (χ2v) is 6.99. The zero-order valence-corrected chi connectivity index (χ0v) is 14.0. The maximum Gasteiger partial charge on any atom is 0.313 e. The van der Waals surface area contributed by atoms with Gasteiger partial charge < -0.3 is 9.67 Å². The van der Waals surface area contributed by atoms with Crippen LogP contribution in [0.4, 0.5) is 0 Å². The van der Waals surface area contributed by atoms with Gasteiger partial charge in [-0.25, -0.2) is 4.98 Å². The van der Waals surface area contributed by atoms with Crippen LogP contribution in [0.1, 0.15) is 33.6 Å². The Morgan fingerprint density at radius 2 is 2.19 bits per heavy atom. The molecule has 0 aliphatic carbocycles. The number of aromatic nitrogens is 2. The average Bonchev–Trinajstić information content (AvgIpc) is 2.74. The summed E-state index contributed by atoms with van der Waals surface area (Å²) in [7, 11) is 0. The molecule has 0 unspecified atom stereocenters. The second-order valence-electron chi connectivity index (χ2n) is 5.61. The minimum atomic E-state index is -0.843. The lowest BCUT2D eigenvalue weighted by Gasteiger charge is -2.28. The second kappa shape index (κ2) is 6.28. The van der Waals surface area contributed by atoms with E-state index in [9.17, 15) is 4.79 Å². The summed E-state index contributed by atoms with van der Waals surface area (Å²) in [4.78, 5) is 15.4. The number of carbonyl (C=O) groups is 1. The molecule has 2 rings (SSSR count). The molecule has 1 aromatic heterocycles. The molecule has 1 heterocycles. The molecule has 114 valence electrons. The van der Waals surface area contributed by atoms with Crippen LogP contribution in [0.15, 0.2) is 23.4 Å². The number of thioether (sulfide) groups is 1. The number of hydrogen-bond acceptors (Lipinski definition) is 3. The van der Waals surface area contributed by atoms with E-state index in [0.717, 1.165) is 29.0 Å². The number of halogens is 1. The van der Waals surface area contributed by atoms with Gasteiger partial charge in [0.05, 0.1) is 16.8 Å². The Hall–Kier alpha value is -1.20. The maximum atomic E-state index is 10.8. The fourth-order valence-electron chi connectivity index (χ4n) is 2.56. The number of carboxylic acids is 1. The molecule has 21 heavy (non-hydrogen) atoms. The molecule has 4 nitrogen and oxygen atoms in total. The third-order valence-electron chi connectivity index (χ3n) is 3.38. The van der Waals surface area contributed by atoms with Gasteiger partial charge in [-0.05, 0) is 38.5 Å². The van der Waals surface area contributed by atoms with Crippen molar-refractivity contribution in [3.63, 3.8) is 0 Å². The van der Waals surface area contributed by atoms with Crippen molar-refractivity contribution in [2.75, 3.05) is 5.75 Å². The van der Waals surface area contributed by atoms with E-state index in [2.05, 4.69) is 30.3 Å². The van der Waals surface area contributed by atoms with Crippen molar-refractivity contribution in [1.82, 2.24) is 9.55 Å². The van der Waals surface area contributed by atoms with E-state index < -0.39 is 5.97 Å². The van der Waals surface area contributed by atoms with Gasteiger partial charge in [0.25, 0.3) is 0 Å². The molecule has 0 aliphatic rings. The van der Waals surface area contributed by atoms with Crippen LogP contribution in [-0.4, -0.2) is 26.4 Å². The van der Waals surface area contributed by atoms with Crippen molar-refractivity contribution in [1.29, 1.82) is 0 Å². The third-order valence-corrected chi connectivity index (χ3v) is 4.54. The van der Waals surface area contributed by atoms with Gasteiger partial charge in [-0.15, -0.1) is 0 Å². The van der Waals surface area contributed by atoms with Crippen molar-refractivity contribution >= 4 is 40.4 Å². The summed E-state index contributed by atoms with van der Waals surface area (Å²) in [6, 6.07) is 5.61. The van der Waals surface area contributed by atoms with Gasteiger partial charge in [-0.1, -0.05) is 36.7 Å². The van der Waals surface area contributed by atoms with Crippen LogP contribution in [0.5, 0.6) is 0 Å². The van der Waals surface area contributed by atoms with Crippen molar-refractivity contribution < 1.29 is 9.90 Å². The monoisotopic (exact) mass is 326 g/mol. The predicted octanol–water partition coefficient (Wildman–Crippen LogP) is 4.40. The van der Waals surface area contributed by atoms with Crippen molar-refractivity contribution in [3.05, 3.63) is 23.2 Å². The number of fused-ring (bicyclic) bond motifs is 1. The van der Waals surface area contributed by atoms with E-state index in [4.69, 9.17) is 16.7 Å². The first-order valence-electron chi connectivity index (χ1n) is 6.88. The highest BCUT2D eigenvalue weighted by molar-refractivity contribution is 7.99. The Bertz CT molecular complexity index is 667. The van der Waals surface area contributed by atoms with Crippen LogP contribution in [0.3, 0.4) is 0 Å². The van der Waals surface area contributed by atoms with Gasteiger partial charge in [0.15, 0.2) is 5.16 Å². The first kappa shape index (κ1) is 16.2. The predicted molar refractivity (Wildman–Crippen MR) is 87.3 cm³/mol. The lowest BCUT2D eigenvalue weighted by Crippen LogP contribution is -2.26. The maximum absolute atomic E-state index is 10.8. The van der Waals surface area contributed by atoms with Crippen molar-refractivity contribution in [2.24, 2.45) is 0 Å². The van der Waals surface area contributed by atoms with Crippen molar-refractivity contribution in [3.8, 4) is 0 Å². The number of nitrogens with zero attached hydrogens (tertiary/aromatic N) is 2. The minimum Gasteiger partial charge on any atom is -0.481 e. The molecular weight excluding hydrogens is 308 g/mol. The SMILES string of the molecule is CCCC(C)(C)n1c(SCC(=O)O)nc2cc(Cl)ccc21. The van der Waals surface area contributed by atoms with E-state index >= 15 is 0 Å². The number of benzene rings is 1. The summed E-state index contributed by atoms with van der Waals surface area (Å²) in [5.74, 6) is -0.843. The highest BCUT2D eigenvalue weighted by atomic mass is 35.5. The minimum absolute atomic E-state index is 0.000735. The Kier molecular flexibility index (Phi) is 4.84. The van der Waals surface area contributed by atoms with Gasteiger partial charge in [0, 0.05) is 10.6 Å². The van der Waals surface area contributed by atoms with E-state index in [-0.39, 0.29) is 11.3 Å². The van der Waals surface area contributed by atoms with Gasteiger partial charge in [-0.3, -0.25) is 4.79 Å². The average molecular weight is 327 g/mol. The van der Waals surface area contributed by atoms with E-state index in [0.29, 0.717) is 5.02 Å². The summed E-state index contributed by atoms with van der Waals surface area (Å²) in [5.41, 5.74) is 1.67. The Morgan fingerprint density at radius 1 is 1.48 bits per heavy atom. The summed E-state index contributed by atoms with van der Waals surface area (Å²) in [6.07, 6.45) is 2.03. The van der Waals surface area contributed by atoms with Crippen LogP contribution in [-0.2, 0) is 10.3 Å². The number of rotatable bonds is 6. The van der Waals surface area contributed by atoms with Crippen LogP contribution in [0, 0.1) is 0 Å². The molecule has 0 bridgehead atoms. The third kappa shape index (κ3) is 3.52. The van der Waals surface area contributed by atoms with E-state index in [1.54, 1.807) is 0 Å².